The molecule has 4 rings (SSSR count). The van der Waals surface area contributed by atoms with Gasteiger partial charge in [0.1, 0.15) is 18.5 Å². The summed E-state index contributed by atoms with van der Waals surface area (Å²) >= 11 is 3.33. The number of aromatic nitrogens is 1. The van der Waals surface area contributed by atoms with E-state index in [9.17, 15) is 14.4 Å². The van der Waals surface area contributed by atoms with Crippen LogP contribution in [0.2, 0.25) is 0 Å². The summed E-state index contributed by atoms with van der Waals surface area (Å²) in [5.74, 6) is -1.51. The maximum absolute atomic E-state index is 12.9. The Hall–Kier alpha value is -3.72. The number of carboxylic acid groups (broad SMARTS) is 1. The third kappa shape index (κ3) is 5.68. The number of carbonyl (C=O) groups is 3. The van der Waals surface area contributed by atoms with Gasteiger partial charge in [-0.15, -0.1) is 0 Å². The van der Waals surface area contributed by atoms with Gasteiger partial charge < -0.3 is 20.5 Å². The van der Waals surface area contributed by atoms with Gasteiger partial charge >= 0.3 is 12.1 Å². The van der Waals surface area contributed by atoms with E-state index in [1.807, 2.05) is 48.5 Å². The fourth-order valence-corrected chi connectivity index (χ4v) is 4.47. The molecular weight excluding hydrogens is 514 g/mol. The van der Waals surface area contributed by atoms with Crippen molar-refractivity contribution in [2.24, 2.45) is 0 Å². The fraction of sp³-hybridized carbons (Fsp3) is 0.231. The first-order valence-electron chi connectivity index (χ1n) is 11.1. The minimum atomic E-state index is -1.11. The fourth-order valence-electron chi connectivity index (χ4n) is 4.15. The van der Waals surface area contributed by atoms with Crippen LogP contribution in [0, 0.1) is 6.92 Å². The predicted molar refractivity (Wildman–Crippen MR) is 134 cm³/mol. The molecule has 0 bridgehead atoms. The number of nitrogens with zero attached hydrogens (tertiary/aromatic N) is 1. The lowest BCUT2D eigenvalue weighted by atomic mass is 9.98. The van der Waals surface area contributed by atoms with Gasteiger partial charge in [0.05, 0.1) is 4.47 Å². The number of fused-ring (bicyclic) bond motifs is 3. The number of alkyl carbamates (subject to hydrolysis) is 1. The minimum absolute atomic E-state index is 0.0815. The largest absolute Gasteiger partial charge is 0.481 e. The SMILES string of the molecule is Cc1ccc(Br)c(NC(=O)C(CCC(=O)O)NC(=O)OCC2c3ccccc3-c3ccccc32)n1. The second kappa shape index (κ2) is 10.7. The molecular formula is C26H24BrN3O5. The number of aryl methyl sites for hydroxylation is 1. The topological polar surface area (TPSA) is 118 Å². The number of anilines is 1. The zero-order chi connectivity index (χ0) is 24.9. The number of ether oxygens (including phenoxy) is 1. The van der Waals surface area contributed by atoms with Gasteiger partial charge in [-0.3, -0.25) is 9.59 Å². The van der Waals surface area contributed by atoms with Gasteiger partial charge in [0.2, 0.25) is 5.91 Å². The zero-order valence-electron chi connectivity index (χ0n) is 19.0. The summed E-state index contributed by atoms with van der Waals surface area (Å²) in [4.78, 5) is 40.9. The van der Waals surface area contributed by atoms with Gasteiger partial charge in [-0.1, -0.05) is 48.5 Å². The maximum Gasteiger partial charge on any atom is 0.407 e. The molecule has 1 atom stereocenters. The van der Waals surface area contributed by atoms with E-state index in [1.165, 1.54) is 0 Å². The summed E-state index contributed by atoms with van der Waals surface area (Å²) in [5, 5.41) is 14.2. The van der Waals surface area contributed by atoms with Crippen LogP contribution in [-0.2, 0) is 14.3 Å². The monoisotopic (exact) mass is 537 g/mol. The van der Waals surface area contributed by atoms with Crippen LogP contribution in [0.5, 0.6) is 0 Å². The lowest BCUT2D eigenvalue weighted by molar-refractivity contribution is -0.137. The molecule has 1 aromatic heterocycles. The van der Waals surface area contributed by atoms with Crippen LogP contribution in [0.15, 0.2) is 65.1 Å². The number of carbonyl (C=O) groups excluding carboxylic acids is 2. The summed E-state index contributed by atoms with van der Waals surface area (Å²) in [6, 6.07) is 18.3. The summed E-state index contributed by atoms with van der Waals surface area (Å²) in [6.07, 6.45) is -1.20. The number of nitrogens with one attached hydrogen (secondary N) is 2. The quantitative estimate of drug-likeness (QED) is 0.377. The van der Waals surface area contributed by atoms with E-state index in [-0.39, 0.29) is 31.2 Å². The number of hydrogen-bond donors (Lipinski definition) is 3. The van der Waals surface area contributed by atoms with E-state index >= 15 is 0 Å². The van der Waals surface area contributed by atoms with E-state index in [0.717, 1.165) is 22.3 Å². The van der Waals surface area contributed by atoms with Gasteiger partial charge in [-0.05, 0) is 63.7 Å². The minimum Gasteiger partial charge on any atom is -0.481 e. The van der Waals surface area contributed by atoms with Crippen LogP contribution in [0.3, 0.4) is 0 Å². The molecule has 2 amide bonds. The molecule has 180 valence electrons. The summed E-state index contributed by atoms with van der Waals surface area (Å²) in [7, 11) is 0. The van der Waals surface area contributed by atoms with Crippen molar-refractivity contribution in [1.82, 2.24) is 10.3 Å². The molecule has 0 aliphatic heterocycles. The molecule has 0 radical (unpaired) electrons. The Balaban J connectivity index is 1.44. The number of aliphatic carboxylic acids is 1. The van der Waals surface area contributed by atoms with Gasteiger partial charge in [-0.25, -0.2) is 9.78 Å². The first-order valence-corrected chi connectivity index (χ1v) is 11.9. The Labute approximate surface area is 210 Å². The third-order valence-electron chi connectivity index (χ3n) is 5.83. The van der Waals surface area contributed by atoms with Crippen LogP contribution in [0.25, 0.3) is 11.1 Å². The van der Waals surface area contributed by atoms with E-state index in [1.54, 1.807) is 19.1 Å². The highest BCUT2D eigenvalue weighted by atomic mass is 79.9. The Kier molecular flexibility index (Phi) is 7.45. The lowest BCUT2D eigenvalue weighted by Crippen LogP contribution is -2.44. The second-order valence-electron chi connectivity index (χ2n) is 8.23. The van der Waals surface area contributed by atoms with Crippen molar-refractivity contribution in [2.45, 2.75) is 31.7 Å². The van der Waals surface area contributed by atoms with Crippen molar-refractivity contribution >= 4 is 39.7 Å². The predicted octanol–water partition coefficient (Wildman–Crippen LogP) is 4.86. The molecule has 0 saturated carbocycles. The molecule has 3 N–H and O–H groups in total. The van der Waals surface area contributed by atoms with Gasteiger partial charge in [0.15, 0.2) is 0 Å². The Bertz CT molecular complexity index is 1230. The zero-order valence-corrected chi connectivity index (χ0v) is 20.5. The Morgan fingerprint density at radius 1 is 1.03 bits per heavy atom. The molecule has 2 aromatic carbocycles. The molecule has 1 heterocycles. The molecule has 1 aliphatic carbocycles. The highest BCUT2D eigenvalue weighted by Gasteiger charge is 2.30. The molecule has 8 nitrogen and oxygen atoms in total. The first kappa shape index (κ1) is 24.4. The van der Waals surface area contributed by atoms with Crippen LogP contribution in [0.4, 0.5) is 10.6 Å². The highest BCUT2D eigenvalue weighted by Crippen LogP contribution is 2.44. The smallest absolute Gasteiger partial charge is 0.407 e. The van der Waals surface area contributed by atoms with Crippen molar-refractivity contribution in [3.8, 4) is 11.1 Å². The van der Waals surface area contributed by atoms with Gasteiger partial charge in [0, 0.05) is 18.0 Å². The molecule has 9 heteroatoms. The summed E-state index contributed by atoms with van der Waals surface area (Å²) in [5.41, 5.74) is 5.03. The average molecular weight is 538 g/mol. The van der Waals surface area contributed by atoms with Crippen molar-refractivity contribution in [2.75, 3.05) is 11.9 Å². The molecule has 3 aromatic rings. The molecule has 1 aliphatic rings. The van der Waals surface area contributed by atoms with Crippen LogP contribution in [0.1, 0.15) is 35.6 Å². The third-order valence-corrected chi connectivity index (χ3v) is 6.47. The summed E-state index contributed by atoms with van der Waals surface area (Å²) in [6.45, 7) is 1.86. The van der Waals surface area contributed by atoms with Crippen LogP contribution >= 0.6 is 15.9 Å². The molecule has 0 spiro atoms. The van der Waals surface area contributed by atoms with Crippen molar-refractivity contribution < 1.29 is 24.2 Å². The van der Waals surface area contributed by atoms with E-state index < -0.39 is 24.0 Å². The number of amides is 2. The number of rotatable bonds is 8. The number of halogens is 1. The highest BCUT2D eigenvalue weighted by molar-refractivity contribution is 9.10. The van der Waals surface area contributed by atoms with E-state index in [2.05, 4.69) is 31.5 Å². The second-order valence-corrected chi connectivity index (χ2v) is 9.08. The molecule has 0 saturated heterocycles. The average Bonchev–Trinajstić information content (AvgIpc) is 3.16. The number of carboxylic acids is 1. The van der Waals surface area contributed by atoms with Crippen LogP contribution in [-0.4, -0.2) is 40.7 Å². The maximum atomic E-state index is 12.9. The molecule has 0 fully saturated rings. The van der Waals surface area contributed by atoms with Gasteiger partial charge in [-0.2, -0.15) is 0 Å². The van der Waals surface area contributed by atoms with E-state index in [0.29, 0.717) is 10.2 Å². The normalized spacial score (nSPS) is 12.9. The number of pyridine rings is 1. The first-order chi connectivity index (χ1) is 16.8. The van der Waals surface area contributed by atoms with Gasteiger partial charge in [0.25, 0.3) is 0 Å². The Morgan fingerprint density at radius 3 is 2.29 bits per heavy atom. The number of benzene rings is 2. The Morgan fingerprint density at radius 2 is 1.66 bits per heavy atom. The van der Waals surface area contributed by atoms with Crippen molar-refractivity contribution in [1.29, 1.82) is 0 Å². The lowest BCUT2D eigenvalue weighted by Gasteiger charge is -2.19. The van der Waals surface area contributed by atoms with E-state index in [4.69, 9.17) is 9.84 Å². The summed E-state index contributed by atoms with van der Waals surface area (Å²) < 4.78 is 6.08. The standard InChI is InChI=1S/C26H24BrN3O5/c1-15-10-11-21(27)24(28-15)30-25(33)22(12-13-23(31)32)29-26(34)35-14-20-18-8-4-2-6-16(18)17-7-3-5-9-19(17)20/h2-11,20,22H,12-14H2,1H3,(H,29,34)(H,31,32)(H,28,30,33). The van der Waals surface area contributed by atoms with Crippen molar-refractivity contribution in [3.05, 3.63) is 82.0 Å². The number of hydrogen-bond acceptors (Lipinski definition) is 5. The van der Waals surface area contributed by atoms with Crippen molar-refractivity contribution in [3.63, 3.8) is 0 Å². The molecule has 35 heavy (non-hydrogen) atoms. The molecule has 1 unspecified atom stereocenters. The van der Waals surface area contributed by atoms with Crippen LogP contribution < -0.4 is 10.6 Å².